The molecule has 0 saturated carbocycles. The number of allylic oxidation sites excluding steroid dienone is 2. The molecule has 58 heavy (non-hydrogen) atoms. The average Bonchev–Trinajstić information content (AvgIpc) is 3.18. The molecule has 0 radical (unpaired) electrons. The third kappa shape index (κ3) is 30.4. The highest BCUT2D eigenvalue weighted by atomic mass is 32.2. The van der Waals surface area contributed by atoms with Crippen LogP contribution in [-0.2, 0) is 38.7 Å². The molecule has 13 heteroatoms. The molecular weight excluding hydrogens is 765 g/mol. The van der Waals surface area contributed by atoms with Gasteiger partial charge in [0.05, 0.1) is 6.61 Å². The Balaban J connectivity index is 2.32. The lowest BCUT2D eigenvalue weighted by Gasteiger charge is -2.40. The van der Waals surface area contributed by atoms with Crippen molar-refractivity contribution in [2.75, 3.05) is 19.0 Å². The fourth-order valence-electron chi connectivity index (χ4n) is 7.21. The predicted molar refractivity (Wildman–Crippen MR) is 229 cm³/mol. The molecule has 1 rings (SSSR count). The SMILES string of the molecule is CCCCCCCCCCCCCCCCCCCC/C=C/CCCC(=O)O[C@H](COC(=O)CCCCCCCCC)CO[C@H]1O[C@H](CS(=O)(=O)O)[C@@H](O)C(O)C1O. The van der Waals surface area contributed by atoms with Crippen LogP contribution in [-0.4, -0.2) is 96.0 Å². The lowest BCUT2D eigenvalue weighted by Crippen LogP contribution is -2.60. The van der Waals surface area contributed by atoms with Gasteiger partial charge in [0, 0.05) is 12.8 Å². The zero-order valence-corrected chi connectivity index (χ0v) is 37.2. The van der Waals surface area contributed by atoms with Crippen LogP contribution in [0.15, 0.2) is 12.2 Å². The molecule has 1 saturated heterocycles. The second kappa shape index (κ2) is 36.1. The van der Waals surface area contributed by atoms with Gasteiger partial charge in [0.1, 0.15) is 36.8 Å². The van der Waals surface area contributed by atoms with Crippen molar-refractivity contribution in [1.29, 1.82) is 0 Å². The quantitative estimate of drug-likeness (QED) is 0.0199. The van der Waals surface area contributed by atoms with Crippen LogP contribution in [0.2, 0.25) is 0 Å². The second-order valence-electron chi connectivity index (χ2n) is 16.4. The summed E-state index contributed by atoms with van der Waals surface area (Å²) in [6, 6.07) is 0. The van der Waals surface area contributed by atoms with Gasteiger partial charge in [-0.25, -0.2) is 0 Å². The van der Waals surface area contributed by atoms with Gasteiger partial charge in [0.2, 0.25) is 0 Å². The maximum atomic E-state index is 12.8. The van der Waals surface area contributed by atoms with E-state index in [1.807, 2.05) is 0 Å². The maximum Gasteiger partial charge on any atom is 0.306 e. The number of aliphatic hydroxyl groups excluding tert-OH is 3. The Morgan fingerprint density at radius 3 is 1.48 bits per heavy atom. The third-order valence-corrected chi connectivity index (χ3v) is 11.6. The minimum atomic E-state index is -4.60. The molecule has 6 atom stereocenters. The lowest BCUT2D eigenvalue weighted by atomic mass is 10.00. The third-order valence-electron chi connectivity index (χ3n) is 10.8. The van der Waals surface area contributed by atoms with Gasteiger partial charge in [-0.2, -0.15) is 8.42 Å². The molecule has 0 bridgehead atoms. The van der Waals surface area contributed by atoms with Crippen molar-refractivity contribution in [2.24, 2.45) is 0 Å². The number of rotatable bonds is 39. The molecule has 1 fully saturated rings. The Hall–Kier alpha value is -1.61. The van der Waals surface area contributed by atoms with E-state index >= 15 is 0 Å². The number of esters is 2. The summed E-state index contributed by atoms with van der Waals surface area (Å²) >= 11 is 0. The van der Waals surface area contributed by atoms with E-state index in [1.54, 1.807) is 0 Å². The van der Waals surface area contributed by atoms with E-state index in [1.165, 1.54) is 122 Å². The summed E-state index contributed by atoms with van der Waals surface area (Å²) in [6.45, 7) is 3.70. The molecule has 12 nitrogen and oxygen atoms in total. The van der Waals surface area contributed by atoms with E-state index in [9.17, 15) is 37.9 Å². The molecule has 1 aliphatic heterocycles. The number of hydrogen-bond donors (Lipinski definition) is 4. The van der Waals surface area contributed by atoms with Crippen LogP contribution in [0.25, 0.3) is 0 Å². The number of hydrogen-bond acceptors (Lipinski definition) is 11. The van der Waals surface area contributed by atoms with Gasteiger partial charge < -0.3 is 34.3 Å². The van der Waals surface area contributed by atoms with Crippen LogP contribution in [0.4, 0.5) is 0 Å². The van der Waals surface area contributed by atoms with Gasteiger partial charge in [0.15, 0.2) is 12.4 Å². The van der Waals surface area contributed by atoms with Crippen molar-refractivity contribution in [2.45, 2.75) is 243 Å². The lowest BCUT2D eigenvalue weighted by molar-refractivity contribution is -0.297. The van der Waals surface area contributed by atoms with E-state index in [4.69, 9.17) is 18.9 Å². The van der Waals surface area contributed by atoms with Crippen molar-refractivity contribution in [1.82, 2.24) is 0 Å². The topological polar surface area (TPSA) is 186 Å². The maximum absolute atomic E-state index is 12.8. The molecular formula is C45H84O12S. The molecule has 0 amide bonds. The van der Waals surface area contributed by atoms with Gasteiger partial charge in [-0.3, -0.25) is 14.1 Å². The summed E-state index contributed by atoms with van der Waals surface area (Å²) < 4.78 is 53.8. The molecule has 0 aromatic carbocycles. The molecule has 0 aliphatic carbocycles. The zero-order chi connectivity index (χ0) is 42.7. The molecule has 2 unspecified atom stereocenters. The summed E-state index contributed by atoms with van der Waals surface area (Å²) in [5.41, 5.74) is 0. The number of carbonyl (C=O) groups is 2. The van der Waals surface area contributed by atoms with Crippen LogP contribution in [0.1, 0.15) is 206 Å². The molecule has 342 valence electrons. The monoisotopic (exact) mass is 849 g/mol. The molecule has 0 spiro atoms. The summed E-state index contributed by atoms with van der Waals surface area (Å²) in [7, 11) is -4.60. The molecule has 0 aromatic rings. The number of ether oxygens (including phenoxy) is 4. The Morgan fingerprint density at radius 1 is 0.569 bits per heavy atom. The first kappa shape index (κ1) is 54.4. The van der Waals surface area contributed by atoms with E-state index in [0.717, 1.165) is 38.5 Å². The van der Waals surface area contributed by atoms with Crippen molar-refractivity contribution < 1.29 is 56.8 Å². The molecule has 4 N–H and O–H groups in total. The van der Waals surface area contributed by atoms with E-state index in [-0.39, 0.29) is 19.4 Å². The van der Waals surface area contributed by atoms with Gasteiger partial charge in [-0.1, -0.05) is 174 Å². The van der Waals surface area contributed by atoms with Gasteiger partial charge >= 0.3 is 11.9 Å². The predicted octanol–water partition coefficient (Wildman–Crippen LogP) is 9.45. The average molecular weight is 849 g/mol. The second-order valence-corrected chi connectivity index (χ2v) is 17.9. The van der Waals surface area contributed by atoms with Gasteiger partial charge in [-0.15, -0.1) is 0 Å². The zero-order valence-electron chi connectivity index (χ0n) is 36.4. The summed E-state index contributed by atoms with van der Waals surface area (Å²) in [6.07, 6.45) is 28.8. The summed E-state index contributed by atoms with van der Waals surface area (Å²) in [4.78, 5) is 25.2. The van der Waals surface area contributed by atoms with Crippen molar-refractivity contribution >= 4 is 22.1 Å². The standard InChI is InChI=1S/C45H84O12S/c1-3-5-7-9-11-12-13-14-15-16-17-18-19-20-21-22-23-24-25-26-28-30-32-34-41(47)56-38(35-54-40(46)33-31-29-27-10-8-6-4-2)36-55-45-44(50)43(49)42(48)39(57-45)37-58(51,52)53/h26,28,38-39,42-45,48-50H,3-25,27,29-37H2,1-2H3,(H,51,52,53)/b28-26+/t38-,39-,42-,43?,44?,45+/m1/s1. The van der Waals surface area contributed by atoms with Crippen LogP contribution in [0, 0.1) is 0 Å². The van der Waals surface area contributed by atoms with Crippen molar-refractivity contribution in [3.63, 3.8) is 0 Å². The first-order valence-electron chi connectivity index (χ1n) is 23.2. The highest BCUT2D eigenvalue weighted by molar-refractivity contribution is 7.85. The summed E-state index contributed by atoms with van der Waals surface area (Å²) in [5, 5.41) is 30.8. The van der Waals surface area contributed by atoms with Crippen molar-refractivity contribution in [3.05, 3.63) is 12.2 Å². The first-order chi connectivity index (χ1) is 28.0. The number of unbranched alkanes of at least 4 members (excludes halogenated alkanes) is 25. The number of aliphatic hydroxyl groups is 3. The Morgan fingerprint density at radius 2 is 1.00 bits per heavy atom. The van der Waals surface area contributed by atoms with Gasteiger partial charge in [0.25, 0.3) is 10.1 Å². The van der Waals surface area contributed by atoms with Crippen LogP contribution in [0.5, 0.6) is 0 Å². The number of carbonyl (C=O) groups excluding carboxylic acids is 2. The highest BCUT2D eigenvalue weighted by Crippen LogP contribution is 2.24. The Labute approximate surface area is 352 Å². The normalized spacial score (nSPS) is 20.4. The minimum Gasteiger partial charge on any atom is -0.462 e. The van der Waals surface area contributed by atoms with E-state index < -0.39 is 71.2 Å². The smallest absolute Gasteiger partial charge is 0.306 e. The first-order valence-corrected chi connectivity index (χ1v) is 24.9. The van der Waals surface area contributed by atoms with Gasteiger partial charge in [-0.05, 0) is 32.1 Å². The largest absolute Gasteiger partial charge is 0.462 e. The highest BCUT2D eigenvalue weighted by Gasteiger charge is 2.46. The van der Waals surface area contributed by atoms with Crippen LogP contribution in [0.3, 0.4) is 0 Å². The fraction of sp³-hybridized carbons (Fsp3) is 0.911. The summed E-state index contributed by atoms with van der Waals surface area (Å²) in [5.74, 6) is -2.02. The van der Waals surface area contributed by atoms with Crippen LogP contribution < -0.4 is 0 Å². The van der Waals surface area contributed by atoms with Crippen molar-refractivity contribution in [3.8, 4) is 0 Å². The van der Waals surface area contributed by atoms with E-state index in [0.29, 0.717) is 19.3 Å². The van der Waals surface area contributed by atoms with E-state index in [2.05, 4.69) is 26.0 Å². The molecule has 1 heterocycles. The Kier molecular flexibility index (Phi) is 33.8. The molecule has 1 aliphatic rings. The molecule has 0 aromatic heterocycles. The Bertz CT molecular complexity index is 1130. The minimum absolute atomic E-state index is 0.121. The fourth-order valence-corrected chi connectivity index (χ4v) is 7.90. The van der Waals surface area contributed by atoms with Crippen LogP contribution >= 0.6 is 0 Å².